The zero-order valence-corrected chi connectivity index (χ0v) is 8.76. The second-order valence-corrected chi connectivity index (χ2v) is 3.52. The van der Waals surface area contributed by atoms with Crippen molar-refractivity contribution in [1.29, 1.82) is 0 Å². The molecule has 0 aliphatic rings. The van der Waals surface area contributed by atoms with Gasteiger partial charge in [0.2, 0.25) is 0 Å². The molecule has 0 amide bonds. The summed E-state index contributed by atoms with van der Waals surface area (Å²) in [5, 5.41) is 8.57. The van der Waals surface area contributed by atoms with Crippen LogP contribution in [-0.2, 0) is 0 Å². The van der Waals surface area contributed by atoms with E-state index in [4.69, 9.17) is 5.11 Å². The summed E-state index contributed by atoms with van der Waals surface area (Å²) in [5.41, 5.74) is 0.302. The van der Waals surface area contributed by atoms with E-state index in [1.165, 1.54) is 18.2 Å². The minimum atomic E-state index is -0.617. The van der Waals surface area contributed by atoms with E-state index in [1.54, 1.807) is 0 Å². The average molecular weight is 296 g/mol. The van der Waals surface area contributed by atoms with Gasteiger partial charge in [0.25, 0.3) is 0 Å². The van der Waals surface area contributed by atoms with Crippen molar-refractivity contribution >= 4 is 26.2 Å². The molecule has 1 N–H and O–H groups in total. The van der Waals surface area contributed by atoms with Gasteiger partial charge in [0, 0.05) is 15.2 Å². The highest BCUT2D eigenvalue weighted by molar-refractivity contribution is 14.1. The van der Waals surface area contributed by atoms with Crippen LogP contribution in [0, 0.1) is 11.6 Å². The molecule has 0 spiro atoms. The van der Waals surface area contributed by atoms with Crippen LogP contribution in [0.4, 0.5) is 8.78 Å². The molecule has 0 aliphatic heterocycles. The van der Waals surface area contributed by atoms with Crippen molar-refractivity contribution < 1.29 is 13.9 Å². The van der Waals surface area contributed by atoms with Crippen molar-refractivity contribution in [2.45, 2.75) is 0 Å². The molecule has 1 rings (SSSR count). The second-order valence-electron chi connectivity index (χ2n) is 2.36. The molecule has 0 radical (unpaired) electrons. The number of hydrogen-bond donors (Lipinski definition) is 1. The molecule has 0 saturated carbocycles. The molecule has 70 valence electrons. The van der Waals surface area contributed by atoms with E-state index in [2.05, 4.69) is 0 Å². The maximum Gasteiger partial charge on any atom is 0.134 e. The highest BCUT2D eigenvalue weighted by atomic mass is 127. The number of aliphatic hydroxyl groups is 1. The fraction of sp³-hybridized carbons (Fsp3) is 0.111. The lowest BCUT2D eigenvalue weighted by Gasteiger charge is -2.00. The van der Waals surface area contributed by atoms with Crippen LogP contribution in [0.15, 0.2) is 24.3 Å². The molecule has 13 heavy (non-hydrogen) atoms. The Morgan fingerprint density at radius 1 is 1.46 bits per heavy atom. The molecule has 1 aromatic rings. The summed E-state index contributed by atoms with van der Waals surface area (Å²) in [6.45, 7) is -0.158. The van der Waals surface area contributed by atoms with Gasteiger partial charge in [0.05, 0.1) is 6.61 Å². The van der Waals surface area contributed by atoms with Gasteiger partial charge in [0.15, 0.2) is 0 Å². The third-order valence-corrected chi connectivity index (χ3v) is 2.48. The summed E-state index contributed by atoms with van der Waals surface area (Å²) >= 11 is 1.88. The second kappa shape index (κ2) is 4.66. The Hall–Kier alpha value is -0.490. The van der Waals surface area contributed by atoms with E-state index in [9.17, 15) is 8.78 Å². The molecule has 1 aromatic carbocycles. The van der Waals surface area contributed by atoms with Crippen molar-refractivity contribution in [3.05, 3.63) is 41.5 Å². The van der Waals surface area contributed by atoms with E-state index >= 15 is 0 Å². The summed E-state index contributed by atoms with van der Waals surface area (Å²) in [6, 6.07) is 3.35. The van der Waals surface area contributed by atoms with Gasteiger partial charge in [-0.1, -0.05) is 0 Å². The third-order valence-electron chi connectivity index (χ3n) is 1.46. The largest absolute Gasteiger partial charge is 0.392 e. The molecular formula is C9H7F2IO. The topological polar surface area (TPSA) is 20.2 Å². The Morgan fingerprint density at radius 2 is 2.15 bits per heavy atom. The Kier molecular flexibility index (Phi) is 3.80. The molecule has 0 unspecified atom stereocenters. The molecule has 0 aliphatic carbocycles. The standard InChI is InChI=1S/C9H7F2IO/c10-6-1-2-7(8(11)5-6)9(12)3-4-13/h1-3,5,13H,4H2/b9-3-. The van der Waals surface area contributed by atoms with Crippen LogP contribution in [-0.4, -0.2) is 11.7 Å². The van der Waals surface area contributed by atoms with Gasteiger partial charge in [-0.15, -0.1) is 0 Å². The van der Waals surface area contributed by atoms with Gasteiger partial charge in [-0.2, -0.15) is 0 Å². The molecular weight excluding hydrogens is 289 g/mol. The first kappa shape index (κ1) is 10.6. The smallest absolute Gasteiger partial charge is 0.134 e. The van der Waals surface area contributed by atoms with Crippen LogP contribution < -0.4 is 0 Å². The summed E-state index contributed by atoms with van der Waals surface area (Å²) < 4.78 is 26.1. The SMILES string of the molecule is OC/C=C(\I)c1ccc(F)cc1F. The van der Waals surface area contributed by atoms with Gasteiger partial charge in [-0.05, 0) is 40.8 Å². The molecule has 0 atom stereocenters. The van der Waals surface area contributed by atoms with E-state index in [1.807, 2.05) is 22.6 Å². The molecule has 4 heteroatoms. The minimum Gasteiger partial charge on any atom is -0.392 e. The summed E-state index contributed by atoms with van der Waals surface area (Å²) in [6.07, 6.45) is 1.46. The first-order valence-electron chi connectivity index (χ1n) is 3.57. The fourth-order valence-electron chi connectivity index (χ4n) is 0.873. The maximum absolute atomic E-state index is 13.1. The summed E-state index contributed by atoms with van der Waals surface area (Å²) in [7, 11) is 0. The lowest BCUT2D eigenvalue weighted by molar-refractivity contribution is 0.343. The number of aliphatic hydroxyl groups excluding tert-OH is 1. The summed E-state index contributed by atoms with van der Waals surface area (Å²) in [5.74, 6) is -1.22. The minimum absolute atomic E-state index is 0.158. The van der Waals surface area contributed by atoms with Crippen molar-refractivity contribution in [1.82, 2.24) is 0 Å². The average Bonchev–Trinajstić information content (AvgIpc) is 2.04. The van der Waals surface area contributed by atoms with Crippen molar-refractivity contribution in [3.8, 4) is 0 Å². The van der Waals surface area contributed by atoms with Gasteiger partial charge < -0.3 is 5.11 Å². The van der Waals surface area contributed by atoms with Gasteiger partial charge in [0.1, 0.15) is 11.6 Å². The van der Waals surface area contributed by atoms with Crippen LogP contribution >= 0.6 is 22.6 Å². The zero-order chi connectivity index (χ0) is 9.84. The molecule has 0 saturated heterocycles. The predicted molar refractivity (Wildman–Crippen MR) is 55.4 cm³/mol. The quantitative estimate of drug-likeness (QED) is 0.832. The van der Waals surface area contributed by atoms with E-state index in [0.29, 0.717) is 9.14 Å². The van der Waals surface area contributed by atoms with Crippen molar-refractivity contribution in [2.24, 2.45) is 0 Å². The van der Waals surface area contributed by atoms with E-state index in [0.717, 1.165) is 6.07 Å². The lowest BCUT2D eigenvalue weighted by atomic mass is 10.2. The molecule has 0 fully saturated rings. The Morgan fingerprint density at radius 3 is 2.69 bits per heavy atom. The Balaban J connectivity index is 3.09. The number of hydrogen-bond acceptors (Lipinski definition) is 1. The van der Waals surface area contributed by atoms with E-state index < -0.39 is 11.6 Å². The number of halogens is 3. The van der Waals surface area contributed by atoms with Crippen molar-refractivity contribution in [3.63, 3.8) is 0 Å². The van der Waals surface area contributed by atoms with E-state index in [-0.39, 0.29) is 6.61 Å². The van der Waals surface area contributed by atoms with Gasteiger partial charge >= 0.3 is 0 Å². The molecule has 1 nitrogen and oxygen atoms in total. The van der Waals surface area contributed by atoms with Crippen LogP contribution in [0.5, 0.6) is 0 Å². The van der Waals surface area contributed by atoms with Gasteiger partial charge in [-0.3, -0.25) is 0 Å². The first-order valence-corrected chi connectivity index (χ1v) is 4.65. The monoisotopic (exact) mass is 296 g/mol. The molecule has 0 aromatic heterocycles. The van der Waals surface area contributed by atoms with Crippen molar-refractivity contribution in [2.75, 3.05) is 6.61 Å². The highest BCUT2D eigenvalue weighted by Crippen LogP contribution is 2.24. The third kappa shape index (κ3) is 2.73. The number of rotatable bonds is 2. The molecule has 0 bridgehead atoms. The highest BCUT2D eigenvalue weighted by Gasteiger charge is 2.05. The zero-order valence-electron chi connectivity index (χ0n) is 6.60. The van der Waals surface area contributed by atoms with Crippen LogP contribution in [0.3, 0.4) is 0 Å². The predicted octanol–water partition coefficient (Wildman–Crippen LogP) is 2.73. The maximum atomic E-state index is 13.1. The lowest BCUT2D eigenvalue weighted by Crippen LogP contribution is -1.87. The van der Waals surface area contributed by atoms with Crippen LogP contribution in [0.1, 0.15) is 5.56 Å². The normalized spacial score (nSPS) is 11.8. The number of benzene rings is 1. The fourth-order valence-corrected chi connectivity index (χ4v) is 1.51. The first-order chi connectivity index (χ1) is 6.15. The van der Waals surface area contributed by atoms with Crippen LogP contribution in [0.25, 0.3) is 3.58 Å². The summed E-state index contributed by atoms with van der Waals surface area (Å²) in [4.78, 5) is 0. The van der Waals surface area contributed by atoms with Crippen LogP contribution in [0.2, 0.25) is 0 Å². The Bertz CT molecular complexity index is 336. The Labute approximate surface area is 88.2 Å². The molecule has 0 heterocycles. The van der Waals surface area contributed by atoms with Gasteiger partial charge in [-0.25, -0.2) is 8.78 Å².